The topological polar surface area (TPSA) is 48.9 Å². The Hall–Kier alpha value is -0.830. The number of rotatable bonds is 9. The lowest BCUT2D eigenvalue weighted by Crippen LogP contribution is -2.50. The van der Waals surface area contributed by atoms with Gasteiger partial charge in [-0.2, -0.15) is 0 Å². The predicted molar refractivity (Wildman–Crippen MR) is 160 cm³/mol. The monoisotopic (exact) mass is 612 g/mol. The van der Waals surface area contributed by atoms with E-state index in [4.69, 9.17) is 27.9 Å². The maximum absolute atomic E-state index is 12.9. The Balaban J connectivity index is 0.00000228. The molecule has 0 saturated carbocycles. The zero-order chi connectivity index (χ0) is 24.0. The number of benzene rings is 1. The minimum absolute atomic E-state index is 0. The third-order valence-corrected chi connectivity index (χ3v) is 7.87. The smallest absolute Gasteiger partial charge is 0.228 e. The third kappa shape index (κ3) is 9.11. The molecule has 0 radical (unpaired) electrons. The van der Waals surface area contributed by atoms with Gasteiger partial charge in [0.1, 0.15) is 5.82 Å². The van der Waals surface area contributed by atoms with E-state index in [1.54, 1.807) is 6.20 Å². The number of anilines is 1. The van der Waals surface area contributed by atoms with Crippen molar-refractivity contribution in [2.75, 3.05) is 64.4 Å². The standard InChI is InChI=1S/C26H34Cl2N4O2.3ClH/c1-30(12-4-13-31-15-17-34-18-16-31)14-10-26(21-6-7-22(27)23(28)19-21)9-8-25(33)32(20-26)24-5-2-3-11-29-24;;;/h2-3,5-7,11,19H,4,8-10,12-18,20H2,1H3;3*1H/t26-;;;/m0.../s1. The number of ether oxygens (including phenoxy) is 1. The minimum Gasteiger partial charge on any atom is -0.379 e. The van der Waals surface area contributed by atoms with E-state index < -0.39 is 0 Å². The molecule has 6 nitrogen and oxygen atoms in total. The molecule has 0 bridgehead atoms. The van der Waals surface area contributed by atoms with Crippen LogP contribution >= 0.6 is 60.4 Å². The van der Waals surface area contributed by atoms with Gasteiger partial charge in [0.15, 0.2) is 0 Å². The molecular weight excluding hydrogens is 578 g/mol. The second kappa shape index (κ2) is 16.3. The molecule has 208 valence electrons. The highest BCUT2D eigenvalue weighted by atomic mass is 35.5. The molecule has 0 aliphatic carbocycles. The summed E-state index contributed by atoms with van der Waals surface area (Å²) in [6.07, 6.45) is 5.07. The second-order valence-corrected chi connectivity index (χ2v) is 10.3. The number of hydrogen-bond acceptors (Lipinski definition) is 5. The molecule has 1 amide bonds. The van der Waals surface area contributed by atoms with Crippen LogP contribution in [0.4, 0.5) is 5.82 Å². The molecule has 37 heavy (non-hydrogen) atoms. The summed E-state index contributed by atoms with van der Waals surface area (Å²) in [5.41, 5.74) is 0.926. The van der Waals surface area contributed by atoms with Gasteiger partial charge >= 0.3 is 0 Å². The van der Waals surface area contributed by atoms with E-state index in [1.807, 2.05) is 35.2 Å². The second-order valence-electron chi connectivity index (χ2n) is 9.44. The van der Waals surface area contributed by atoms with Crippen LogP contribution in [0.15, 0.2) is 42.6 Å². The number of amides is 1. The lowest BCUT2D eigenvalue weighted by molar-refractivity contribution is -0.120. The average Bonchev–Trinajstić information content (AvgIpc) is 2.86. The maximum Gasteiger partial charge on any atom is 0.228 e. The van der Waals surface area contributed by atoms with Crippen molar-refractivity contribution in [2.45, 2.75) is 31.1 Å². The van der Waals surface area contributed by atoms with Gasteiger partial charge in [-0.3, -0.25) is 14.6 Å². The van der Waals surface area contributed by atoms with Crippen LogP contribution in [0, 0.1) is 0 Å². The molecule has 2 aliphatic heterocycles. The van der Waals surface area contributed by atoms with Crippen molar-refractivity contribution in [2.24, 2.45) is 0 Å². The fraction of sp³-hybridized carbons (Fsp3) is 0.538. The summed E-state index contributed by atoms with van der Waals surface area (Å²) < 4.78 is 5.45. The van der Waals surface area contributed by atoms with Gasteiger partial charge in [-0.25, -0.2) is 4.98 Å². The van der Waals surface area contributed by atoms with Gasteiger partial charge < -0.3 is 9.64 Å². The van der Waals surface area contributed by atoms with Crippen LogP contribution in [0.2, 0.25) is 10.0 Å². The van der Waals surface area contributed by atoms with E-state index in [0.717, 1.165) is 70.8 Å². The van der Waals surface area contributed by atoms with E-state index in [9.17, 15) is 4.79 Å². The van der Waals surface area contributed by atoms with Crippen LogP contribution in [0.3, 0.4) is 0 Å². The number of piperidine rings is 1. The molecule has 11 heteroatoms. The van der Waals surface area contributed by atoms with Crippen molar-refractivity contribution < 1.29 is 9.53 Å². The van der Waals surface area contributed by atoms with Crippen LogP contribution in [0.5, 0.6) is 0 Å². The van der Waals surface area contributed by atoms with E-state index in [0.29, 0.717) is 28.8 Å². The molecule has 1 aromatic carbocycles. The lowest BCUT2D eigenvalue weighted by atomic mass is 9.71. The Morgan fingerprint density at radius 1 is 1.05 bits per heavy atom. The lowest BCUT2D eigenvalue weighted by Gasteiger charge is -2.43. The summed E-state index contributed by atoms with van der Waals surface area (Å²) in [5.74, 6) is 0.823. The van der Waals surface area contributed by atoms with Crippen molar-refractivity contribution in [3.8, 4) is 0 Å². The molecule has 2 saturated heterocycles. The van der Waals surface area contributed by atoms with E-state index >= 15 is 0 Å². The van der Waals surface area contributed by atoms with Gasteiger partial charge in [0.25, 0.3) is 0 Å². The Morgan fingerprint density at radius 3 is 2.49 bits per heavy atom. The molecule has 2 aliphatic rings. The van der Waals surface area contributed by atoms with Gasteiger partial charge in [-0.15, -0.1) is 37.2 Å². The molecular formula is C26H37Cl5N4O2. The van der Waals surface area contributed by atoms with Gasteiger partial charge in [-0.1, -0.05) is 35.3 Å². The molecule has 0 N–H and O–H groups in total. The summed E-state index contributed by atoms with van der Waals surface area (Å²) >= 11 is 12.7. The Kier molecular flexibility index (Phi) is 15.1. The minimum atomic E-state index is -0.210. The maximum atomic E-state index is 12.9. The molecule has 1 aromatic heterocycles. The number of morpholine rings is 1. The number of halogens is 5. The Morgan fingerprint density at radius 2 is 1.81 bits per heavy atom. The van der Waals surface area contributed by atoms with E-state index in [2.05, 4.69) is 27.9 Å². The Labute approximate surface area is 249 Å². The summed E-state index contributed by atoms with van der Waals surface area (Å²) in [7, 11) is 2.19. The quantitative estimate of drug-likeness (QED) is 0.360. The highest BCUT2D eigenvalue weighted by Crippen LogP contribution is 2.41. The van der Waals surface area contributed by atoms with E-state index in [-0.39, 0.29) is 48.5 Å². The first-order valence-corrected chi connectivity index (χ1v) is 12.9. The van der Waals surface area contributed by atoms with Gasteiger partial charge in [0.2, 0.25) is 5.91 Å². The number of carbonyl (C=O) groups is 1. The average molecular weight is 615 g/mol. The first-order valence-electron chi connectivity index (χ1n) is 12.1. The summed E-state index contributed by atoms with van der Waals surface area (Å²) in [4.78, 5) is 24.1. The van der Waals surface area contributed by atoms with Crippen LogP contribution in [-0.4, -0.2) is 80.2 Å². The van der Waals surface area contributed by atoms with Gasteiger partial charge in [0.05, 0.1) is 23.3 Å². The molecule has 3 heterocycles. The normalized spacial score (nSPS) is 20.1. The highest BCUT2D eigenvalue weighted by molar-refractivity contribution is 6.42. The predicted octanol–water partition coefficient (Wildman–Crippen LogP) is 5.76. The van der Waals surface area contributed by atoms with Gasteiger partial charge in [-0.05, 0) is 75.8 Å². The summed E-state index contributed by atoms with van der Waals surface area (Å²) in [6.45, 7) is 7.41. The molecule has 2 fully saturated rings. The Bertz CT molecular complexity index is 965. The van der Waals surface area contributed by atoms with Crippen molar-refractivity contribution in [1.29, 1.82) is 0 Å². The van der Waals surface area contributed by atoms with Crippen molar-refractivity contribution in [3.05, 3.63) is 58.2 Å². The fourth-order valence-electron chi connectivity index (χ4n) is 4.99. The number of hydrogen-bond donors (Lipinski definition) is 0. The first-order chi connectivity index (χ1) is 16.5. The molecule has 2 aromatic rings. The van der Waals surface area contributed by atoms with Crippen LogP contribution in [0.1, 0.15) is 31.2 Å². The fourth-order valence-corrected chi connectivity index (χ4v) is 5.29. The van der Waals surface area contributed by atoms with Crippen molar-refractivity contribution in [3.63, 3.8) is 0 Å². The zero-order valence-electron chi connectivity index (χ0n) is 21.1. The number of nitrogens with zero attached hydrogens (tertiary/aromatic N) is 4. The van der Waals surface area contributed by atoms with Crippen molar-refractivity contribution in [1.82, 2.24) is 14.8 Å². The van der Waals surface area contributed by atoms with Crippen molar-refractivity contribution >= 4 is 72.1 Å². The largest absolute Gasteiger partial charge is 0.379 e. The first kappa shape index (κ1) is 34.2. The number of pyridine rings is 1. The zero-order valence-corrected chi connectivity index (χ0v) is 25.1. The van der Waals surface area contributed by atoms with Crippen LogP contribution in [-0.2, 0) is 14.9 Å². The molecule has 4 rings (SSSR count). The summed E-state index contributed by atoms with van der Waals surface area (Å²) in [5, 5.41) is 1.10. The number of aromatic nitrogens is 1. The van der Waals surface area contributed by atoms with Gasteiger partial charge in [0, 0.05) is 37.7 Å². The molecule has 0 unspecified atom stereocenters. The number of carbonyl (C=O) groups excluding carboxylic acids is 1. The molecule has 0 spiro atoms. The third-order valence-electron chi connectivity index (χ3n) is 7.13. The SMILES string of the molecule is CN(CCCN1CCOCC1)CC[C@@]1(c2ccc(Cl)c(Cl)c2)CCC(=O)N(c2ccccn2)C1.Cl.Cl.Cl. The highest BCUT2D eigenvalue weighted by Gasteiger charge is 2.41. The van der Waals surface area contributed by atoms with Crippen LogP contribution in [0.25, 0.3) is 0 Å². The summed E-state index contributed by atoms with van der Waals surface area (Å²) in [6, 6.07) is 11.6. The van der Waals surface area contributed by atoms with E-state index in [1.165, 1.54) is 0 Å². The molecule has 1 atom stereocenters. The van der Waals surface area contributed by atoms with Crippen LogP contribution < -0.4 is 4.90 Å².